The molecule has 0 aromatic heterocycles. The van der Waals surface area contributed by atoms with Crippen molar-refractivity contribution in [2.75, 3.05) is 13.2 Å². The van der Waals surface area contributed by atoms with Gasteiger partial charge in [0.05, 0.1) is 25.4 Å². The molecule has 0 aliphatic heterocycles. The molecule has 0 unspecified atom stereocenters. The number of hydrogen-bond donors (Lipinski definition) is 3. The van der Waals surface area contributed by atoms with Gasteiger partial charge in [-0.1, -0.05) is 44.1 Å². The molecule has 2 atom stereocenters. The Hall–Kier alpha value is -2.05. The Balaban J connectivity index is 2.54. The van der Waals surface area contributed by atoms with Gasteiger partial charge in [-0.15, -0.1) is 0 Å². The van der Waals surface area contributed by atoms with Crippen molar-refractivity contribution in [3.05, 3.63) is 35.9 Å². The molecule has 1 rings (SSSR count). The van der Waals surface area contributed by atoms with Crippen LogP contribution >= 0.6 is 0 Å². The number of amides is 1. The van der Waals surface area contributed by atoms with Crippen molar-refractivity contribution >= 4 is 12.2 Å². The lowest BCUT2D eigenvalue weighted by Gasteiger charge is -2.24. The fraction of sp³-hybridized carbons (Fsp3) is 0.571. The van der Waals surface area contributed by atoms with Crippen LogP contribution in [0.25, 0.3) is 6.08 Å². The zero-order chi connectivity index (χ0) is 20.3. The molecule has 0 aliphatic carbocycles. The molecule has 0 aliphatic rings. The lowest BCUT2D eigenvalue weighted by atomic mass is 10.1. The third kappa shape index (κ3) is 10.0. The molecule has 1 aromatic rings. The van der Waals surface area contributed by atoms with E-state index in [1.165, 1.54) is 6.08 Å². The standard InChI is InChI=1S/C21H33NO5/c1-5-6-7-14-26-17-11-8-16(9-12-17)10-13-19(24)18(15-23)22-20(25)27-21(2,3)4/h8-13,18-19,23-24H,5-7,14-15H2,1-4H3,(H,22,25)/b13-10+/t18-,19+/m1/s1. The number of nitrogens with one attached hydrogen (secondary N) is 1. The zero-order valence-corrected chi connectivity index (χ0v) is 16.8. The van der Waals surface area contributed by atoms with E-state index in [-0.39, 0.29) is 0 Å². The summed E-state index contributed by atoms with van der Waals surface area (Å²) in [5, 5.41) is 22.1. The van der Waals surface area contributed by atoms with Crippen LogP contribution in [0.2, 0.25) is 0 Å². The summed E-state index contributed by atoms with van der Waals surface area (Å²) >= 11 is 0. The van der Waals surface area contributed by atoms with Crippen molar-refractivity contribution in [2.24, 2.45) is 0 Å². The summed E-state index contributed by atoms with van der Waals surface area (Å²) in [6.45, 7) is 7.68. The third-order valence-electron chi connectivity index (χ3n) is 3.69. The highest BCUT2D eigenvalue weighted by Crippen LogP contribution is 2.14. The quantitative estimate of drug-likeness (QED) is 0.542. The maximum absolute atomic E-state index is 11.8. The van der Waals surface area contributed by atoms with Crippen LogP contribution in [0.5, 0.6) is 5.75 Å². The number of ether oxygens (including phenoxy) is 2. The summed E-state index contributed by atoms with van der Waals surface area (Å²) in [7, 11) is 0. The molecule has 0 fully saturated rings. The Morgan fingerprint density at radius 1 is 1.22 bits per heavy atom. The highest BCUT2D eigenvalue weighted by Gasteiger charge is 2.22. The summed E-state index contributed by atoms with van der Waals surface area (Å²) in [6, 6.07) is 6.67. The van der Waals surface area contributed by atoms with Gasteiger partial charge < -0.3 is 25.0 Å². The number of aliphatic hydroxyl groups excluding tert-OH is 2. The van der Waals surface area contributed by atoms with Crippen LogP contribution in [0.1, 0.15) is 52.5 Å². The van der Waals surface area contributed by atoms with E-state index in [1.807, 2.05) is 24.3 Å². The van der Waals surface area contributed by atoms with Gasteiger partial charge >= 0.3 is 6.09 Å². The monoisotopic (exact) mass is 379 g/mol. The van der Waals surface area contributed by atoms with Gasteiger partial charge in [0.15, 0.2) is 0 Å². The molecular weight excluding hydrogens is 346 g/mol. The molecule has 27 heavy (non-hydrogen) atoms. The van der Waals surface area contributed by atoms with Crippen LogP contribution in [0.4, 0.5) is 4.79 Å². The van der Waals surface area contributed by atoms with Gasteiger partial charge in [-0.3, -0.25) is 0 Å². The van der Waals surface area contributed by atoms with E-state index in [0.717, 1.165) is 30.6 Å². The van der Waals surface area contributed by atoms with E-state index >= 15 is 0 Å². The molecule has 3 N–H and O–H groups in total. The van der Waals surface area contributed by atoms with Crippen molar-refractivity contribution < 1.29 is 24.5 Å². The Morgan fingerprint density at radius 3 is 2.44 bits per heavy atom. The number of alkyl carbamates (subject to hydrolysis) is 1. The molecule has 0 spiro atoms. The van der Waals surface area contributed by atoms with Crippen molar-refractivity contribution in [1.82, 2.24) is 5.32 Å². The second-order valence-corrected chi connectivity index (χ2v) is 7.41. The van der Waals surface area contributed by atoms with Crippen LogP contribution in [0.3, 0.4) is 0 Å². The largest absolute Gasteiger partial charge is 0.494 e. The average Bonchev–Trinajstić information content (AvgIpc) is 2.60. The Morgan fingerprint density at radius 2 is 1.89 bits per heavy atom. The number of unbranched alkanes of at least 4 members (excludes halogenated alkanes) is 2. The fourth-order valence-corrected chi connectivity index (χ4v) is 2.26. The summed E-state index contributed by atoms with van der Waals surface area (Å²) in [6.07, 6.45) is 4.87. The molecule has 1 amide bonds. The minimum atomic E-state index is -1.05. The van der Waals surface area contributed by atoms with E-state index < -0.39 is 30.4 Å². The summed E-state index contributed by atoms with van der Waals surface area (Å²) < 4.78 is 10.8. The highest BCUT2D eigenvalue weighted by molar-refractivity contribution is 5.68. The number of rotatable bonds is 10. The number of hydrogen-bond acceptors (Lipinski definition) is 5. The first kappa shape index (κ1) is 23.0. The first-order chi connectivity index (χ1) is 12.7. The van der Waals surface area contributed by atoms with E-state index in [0.29, 0.717) is 6.61 Å². The predicted octanol–water partition coefficient (Wildman–Crippen LogP) is 3.52. The predicted molar refractivity (Wildman–Crippen MR) is 107 cm³/mol. The molecule has 0 saturated carbocycles. The van der Waals surface area contributed by atoms with E-state index in [9.17, 15) is 15.0 Å². The number of aliphatic hydroxyl groups is 2. The topological polar surface area (TPSA) is 88.0 Å². The first-order valence-corrected chi connectivity index (χ1v) is 9.44. The number of benzene rings is 1. The average molecular weight is 379 g/mol. The maximum atomic E-state index is 11.8. The second kappa shape index (κ2) is 11.6. The third-order valence-corrected chi connectivity index (χ3v) is 3.69. The van der Waals surface area contributed by atoms with Crippen LogP contribution in [0.15, 0.2) is 30.3 Å². The van der Waals surface area contributed by atoms with Crippen molar-refractivity contribution in [2.45, 2.75) is 64.7 Å². The molecular formula is C21H33NO5. The second-order valence-electron chi connectivity index (χ2n) is 7.41. The van der Waals surface area contributed by atoms with Crippen LogP contribution in [0, 0.1) is 0 Å². The van der Waals surface area contributed by atoms with Crippen LogP contribution < -0.4 is 10.1 Å². The molecule has 152 valence electrons. The minimum Gasteiger partial charge on any atom is -0.494 e. The SMILES string of the molecule is CCCCCOc1ccc(/C=C/[C@H](O)[C@@H](CO)NC(=O)OC(C)(C)C)cc1. The van der Waals surface area contributed by atoms with Gasteiger partial charge in [0, 0.05) is 0 Å². The Kier molecular flexibility index (Phi) is 9.89. The molecule has 0 heterocycles. The van der Waals surface area contributed by atoms with E-state index in [4.69, 9.17) is 9.47 Å². The summed E-state index contributed by atoms with van der Waals surface area (Å²) in [5.74, 6) is 0.809. The summed E-state index contributed by atoms with van der Waals surface area (Å²) in [5.41, 5.74) is 0.231. The molecule has 0 radical (unpaired) electrons. The maximum Gasteiger partial charge on any atom is 0.408 e. The number of carbonyl (C=O) groups excluding carboxylic acids is 1. The summed E-state index contributed by atoms with van der Waals surface area (Å²) in [4.78, 5) is 11.8. The lowest BCUT2D eigenvalue weighted by molar-refractivity contribution is 0.0406. The molecule has 6 nitrogen and oxygen atoms in total. The Bertz CT molecular complexity index is 577. The van der Waals surface area contributed by atoms with E-state index in [2.05, 4.69) is 12.2 Å². The molecule has 6 heteroatoms. The van der Waals surface area contributed by atoms with Crippen molar-refractivity contribution in [1.29, 1.82) is 0 Å². The van der Waals surface area contributed by atoms with Gasteiger partial charge in [0.25, 0.3) is 0 Å². The Labute approximate surface area is 162 Å². The molecule has 1 aromatic carbocycles. The van der Waals surface area contributed by atoms with Gasteiger partial charge in [0.2, 0.25) is 0 Å². The van der Waals surface area contributed by atoms with Crippen LogP contribution in [-0.4, -0.2) is 47.3 Å². The van der Waals surface area contributed by atoms with Gasteiger partial charge in [-0.25, -0.2) is 4.79 Å². The van der Waals surface area contributed by atoms with Crippen molar-refractivity contribution in [3.8, 4) is 5.75 Å². The molecule has 0 saturated heterocycles. The minimum absolute atomic E-state index is 0.407. The normalized spacial score (nSPS) is 14.0. The van der Waals surface area contributed by atoms with Gasteiger partial charge in [0.1, 0.15) is 11.4 Å². The fourth-order valence-electron chi connectivity index (χ4n) is 2.26. The van der Waals surface area contributed by atoms with Gasteiger partial charge in [-0.2, -0.15) is 0 Å². The first-order valence-electron chi connectivity index (χ1n) is 9.44. The molecule has 0 bridgehead atoms. The van der Waals surface area contributed by atoms with Gasteiger partial charge in [-0.05, 0) is 44.9 Å². The smallest absolute Gasteiger partial charge is 0.408 e. The van der Waals surface area contributed by atoms with Crippen LogP contribution in [-0.2, 0) is 4.74 Å². The van der Waals surface area contributed by atoms with E-state index in [1.54, 1.807) is 26.8 Å². The highest BCUT2D eigenvalue weighted by atomic mass is 16.6. The lowest BCUT2D eigenvalue weighted by Crippen LogP contribution is -2.46. The van der Waals surface area contributed by atoms with Crippen molar-refractivity contribution in [3.63, 3.8) is 0 Å². The number of carbonyl (C=O) groups is 1. The zero-order valence-electron chi connectivity index (χ0n) is 16.8.